The van der Waals surface area contributed by atoms with Gasteiger partial charge in [-0.15, -0.1) is 0 Å². The Hall–Kier alpha value is -2.20. The highest BCUT2D eigenvalue weighted by Crippen LogP contribution is 2.52. The van der Waals surface area contributed by atoms with Crippen LogP contribution in [0.3, 0.4) is 0 Å². The Labute approximate surface area is 148 Å². The van der Waals surface area contributed by atoms with Gasteiger partial charge in [0.15, 0.2) is 0 Å². The molecule has 25 heavy (non-hydrogen) atoms. The van der Waals surface area contributed by atoms with Gasteiger partial charge in [-0.05, 0) is 42.7 Å². The van der Waals surface area contributed by atoms with Crippen molar-refractivity contribution in [3.63, 3.8) is 0 Å². The van der Waals surface area contributed by atoms with E-state index in [1.54, 1.807) is 14.2 Å². The summed E-state index contributed by atoms with van der Waals surface area (Å²) in [5.74, 6) is 2.16. The average Bonchev–Trinajstić information content (AvgIpc) is 2.66. The summed E-state index contributed by atoms with van der Waals surface area (Å²) in [4.78, 5) is 0. The lowest BCUT2D eigenvalue weighted by Gasteiger charge is -2.42. The molecule has 1 aliphatic carbocycles. The Morgan fingerprint density at radius 3 is 2.40 bits per heavy atom. The van der Waals surface area contributed by atoms with Crippen molar-refractivity contribution < 1.29 is 14.2 Å². The van der Waals surface area contributed by atoms with Gasteiger partial charge in [0.05, 0.1) is 20.3 Å². The molecule has 0 unspecified atom stereocenters. The van der Waals surface area contributed by atoms with E-state index in [0.29, 0.717) is 5.92 Å². The van der Waals surface area contributed by atoms with Gasteiger partial charge in [-0.3, -0.25) is 0 Å². The van der Waals surface area contributed by atoms with Crippen molar-refractivity contribution in [3.8, 4) is 11.5 Å². The second-order valence-electron chi connectivity index (χ2n) is 6.91. The van der Waals surface area contributed by atoms with E-state index in [9.17, 15) is 0 Å². The molecule has 0 spiro atoms. The monoisotopic (exact) mass is 339 g/mol. The maximum absolute atomic E-state index is 6.61. The molecule has 1 aliphatic heterocycles. The van der Waals surface area contributed by atoms with Crippen molar-refractivity contribution in [2.45, 2.75) is 43.8 Å². The van der Waals surface area contributed by atoms with Crippen molar-refractivity contribution >= 4 is 5.69 Å². The van der Waals surface area contributed by atoms with Gasteiger partial charge < -0.3 is 19.9 Å². The molecule has 0 radical (unpaired) electrons. The third-order valence-corrected chi connectivity index (χ3v) is 5.51. The average molecular weight is 339 g/mol. The third kappa shape index (κ3) is 2.74. The van der Waals surface area contributed by atoms with Crippen LogP contribution in [0.5, 0.6) is 11.5 Å². The van der Waals surface area contributed by atoms with Crippen molar-refractivity contribution in [2.75, 3.05) is 20.0 Å². The van der Waals surface area contributed by atoms with Crippen LogP contribution in [-0.4, -0.2) is 20.3 Å². The van der Waals surface area contributed by atoms with Gasteiger partial charge >= 0.3 is 0 Å². The number of methoxy groups -OCH3 is 2. The van der Waals surface area contributed by atoms with Gasteiger partial charge in [-0.2, -0.15) is 0 Å². The lowest BCUT2D eigenvalue weighted by Crippen LogP contribution is -2.34. The van der Waals surface area contributed by atoms with E-state index in [-0.39, 0.29) is 12.2 Å². The van der Waals surface area contributed by atoms with Gasteiger partial charge in [0.25, 0.3) is 0 Å². The number of hydrogen-bond acceptors (Lipinski definition) is 4. The molecule has 0 aromatic heterocycles. The number of nitrogen functional groups attached to an aromatic ring is 1. The highest BCUT2D eigenvalue weighted by atomic mass is 16.5. The lowest BCUT2D eigenvalue weighted by molar-refractivity contribution is -0.0406. The fourth-order valence-corrected chi connectivity index (χ4v) is 4.41. The van der Waals surface area contributed by atoms with E-state index in [2.05, 4.69) is 6.07 Å². The van der Waals surface area contributed by atoms with Gasteiger partial charge in [-0.25, -0.2) is 0 Å². The number of nitrogens with two attached hydrogens (primary N) is 1. The van der Waals surface area contributed by atoms with Gasteiger partial charge in [-0.1, -0.05) is 25.0 Å². The summed E-state index contributed by atoms with van der Waals surface area (Å²) in [6.07, 6.45) is 4.70. The first-order chi connectivity index (χ1) is 12.2. The standard InChI is InChI=1S/C21H25NO3/c1-23-17-10-11-18(24-2)20-19(17)15-8-3-4-9-16(15)25-21(20)13-6-5-7-14(22)12-13/h5-7,10-12,15-16,21H,3-4,8-9,22H2,1-2H3/t15-,16+,21+/m1/s1. The van der Waals surface area contributed by atoms with Crippen LogP contribution in [0, 0.1) is 0 Å². The van der Waals surface area contributed by atoms with Gasteiger partial charge in [0, 0.05) is 22.7 Å². The van der Waals surface area contributed by atoms with Crippen LogP contribution in [-0.2, 0) is 4.74 Å². The van der Waals surface area contributed by atoms with E-state index in [4.69, 9.17) is 19.9 Å². The van der Waals surface area contributed by atoms with E-state index in [1.165, 1.54) is 18.4 Å². The van der Waals surface area contributed by atoms with Crippen molar-refractivity contribution in [1.82, 2.24) is 0 Å². The molecule has 3 atom stereocenters. The molecular weight excluding hydrogens is 314 g/mol. The molecule has 0 amide bonds. The number of ether oxygens (including phenoxy) is 3. The Kier molecular flexibility index (Phi) is 4.30. The van der Waals surface area contributed by atoms with Crippen molar-refractivity contribution in [1.29, 1.82) is 0 Å². The summed E-state index contributed by atoms with van der Waals surface area (Å²) in [6, 6.07) is 11.9. The number of rotatable bonds is 3. The van der Waals surface area contributed by atoms with Crippen LogP contribution in [0.2, 0.25) is 0 Å². The van der Waals surface area contributed by atoms with Crippen molar-refractivity contribution in [2.24, 2.45) is 0 Å². The Balaban J connectivity index is 1.93. The molecule has 2 aromatic rings. The molecule has 2 aromatic carbocycles. The Bertz CT molecular complexity index is 774. The second kappa shape index (κ2) is 6.60. The van der Waals surface area contributed by atoms with E-state index in [1.807, 2.05) is 30.3 Å². The largest absolute Gasteiger partial charge is 0.496 e. The van der Waals surface area contributed by atoms with E-state index >= 15 is 0 Å². The maximum atomic E-state index is 6.61. The summed E-state index contributed by atoms with van der Waals surface area (Å²) in [7, 11) is 3.45. The molecule has 2 aliphatic rings. The minimum atomic E-state index is -0.178. The highest BCUT2D eigenvalue weighted by Gasteiger charge is 2.41. The molecule has 1 heterocycles. The zero-order valence-corrected chi connectivity index (χ0v) is 14.8. The Morgan fingerprint density at radius 1 is 0.960 bits per heavy atom. The molecule has 1 fully saturated rings. The predicted molar refractivity (Wildman–Crippen MR) is 98.3 cm³/mol. The SMILES string of the molecule is COc1ccc(OC)c2c1[C@H](c1cccc(N)c1)O[C@H]1CCCC[C@@H]21. The summed E-state index contributed by atoms with van der Waals surface area (Å²) in [5.41, 5.74) is 10.2. The van der Waals surface area contributed by atoms with Gasteiger partial charge in [0.2, 0.25) is 0 Å². The quantitative estimate of drug-likeness (QED) is 0.841. The van der Waals surface area contributed by atoms with E-state index in [0.717, 1.165) is 41.2 Å². The number of hydrogen-bond donors (Lipinski definition) is 1. The molecule has 0 bridgehead atoms. The van der Waals surface area contributed by atoms with Crippen LogP contribution < -0.4 is 15.2 Å². The number of anilines is 1. The topological polar surface area (TPSA) is 53.7 Å². The van der Waals surface area contributed by atoms with Crippen LogP contribution in [0.4, 0.5) is 5.69 Å². The fraction of sp³-hybridized carbons (Fsp3) is 0.429. The van der Waals surface area contributed by atoms with Crippen LogP contribution in [0.25, 0.3) is 0 Å². The van der Waals surface area contributed by atoms with E-state index < -0.39 is 0 Å². The predicted octanol–water partition coefficient (Wildman–Crippen LogP) is 4.43. The smallest absolute Gasteiger partial charge is 0.125 e. The Morgan fingerprint density at radius 2 is 1.68 bits per heavy atom. The molecule has 1 saturated carbocycles. The summed E-state index contributed by atoms with van der Waals surface area (Å²) in [6.45, 7) is 0. The molecule has 4 rings (SSSR count). The highest BCUT2D eigenvalue weighted by molar-refractivity contribution is 5.57. The molecule has 4 nitrogen and oxygen atoms in total. The summed E-state index contributed by atoms with van der Waals surface area (Å²) in [5, 5.41) is 0. The molecule has 132 valence electrons. The molecule has 0 saturated heterocycles. The molecular formula is C21H25NO3. The molecule has 4 heteroatoms. The zero-order valence-electron chi connectivity index (χ0n) is 14.8. The summed E-state index contributed by atoms with van der Waals surface area (Å²) < 4.78 is 18.0. The number of benzene rings is 2. The van der Waals surface area contributed by atoms with Crippen LogP contribution >= 0.6 is 0 Å². The minimum absolute atomic E-state index is 0.178. The first-order valence-corrected chi connectivity index (χ1v) is 8.98. The normalized spacial score (nSPS) is 25.0. The second-order valence-corrected chi connectivity index (χ2v) is 6.91. The van der Waals surface area contributed by atoms with Gasteiger partial charge in [0.1, 0.15) is 17.6 Å². The first-order valence-electron chi connectivity index (χ1n) is 8.98. The zero-order chi connectivity index (χ0) is 17.4. The number of fused-ring (bicyclic) bond motifs is 3. The lowest BCUT2D eigenvalue weighted by atomic mass is 9.75. The minimum Gasteiger partial charge on any atom is -0.496 e. The van der Waals surface area contributed by atoms with Crippen LogP contribution in [0.1, 0.15) is 54.4 Å². The first kappa shape index (κ1) is 16.3. The summed E-state index contributed by atoms with van der Waals surface area (Å²) >= 11 is 0. The van der Waals surface area contributed by atoms with Crippen molar-refractivity contribution in [3.05, 3.63) is 53.1 Å². The fourth-order valence-electron chi connectivity index (χ4n) is 4.41. The maximum Gasteiger partial charge on any atom is 0.125 e. The van der Waals surface area contributed by atoms with Crippen LogP contribution in [0.15, 0.2) is 36.4 Å². The third-order valence-electron chi connectivity index (χ3n) is 5.51. The molecule has 2 N–H and O–H groups in total.